The first-order valence-electron chi connectivity index (χ1n) is 8.06. The molecule has 2 aromatic rings. The number of methoxy groups -OCH3 is 1. The number of imide groups is 1. The molecule has 0 atom stereocenters. The lowest BCUT2D eigenvalue weighted by atomic mass is 10.1. The molecule has 4 rings (SSSR count). The summed E-state index contributed by atoms with van der Waals surface area (Å²) in [6.45, 7) is 0. The van der Waals surface area contributed by atoms with Crippen LogP contribution in [0.3, 0.4) is 0 Å². The zero-order valence-electron chi connectivity index (χ0n) is 13.6. The third kappa shape index (κ3) is 2.65. The highest BCUT2D eigenvalue weighted by atomic mass is 16.5. The van der Waals surface area contributed by atoms with Gasteiger partial charge in [-0.3, -0.25) is 14.4 Å². The molecular formula is C19H16N2O4. The molecule has 0 aromatic heterocycles. The highest BCUT2D eigenvalue weighted by Crippen LogP contribution is 2.30. The molecule has 1 aliphatic heterocycles. The van der Waals surface area contributed by atoms with Crippen LogP contribution in [0, 0.1) is 0 Å². The molecule has 1 heterocycles. The van der Waals surface area contributed by atoms with Gasteiger partial charge in [-0.05, 0) is 55.3 Å². The summed E-state index contributed by atoms with van der Waals surface area (Å²) in [6, 6.07) is 11.5. The third-order valence-electron chi connectivity index (χ3n) is 4.39. The van der Waals surface area contributed by atoms with Gasteiger partial charge < -0.3 is 10.1 Å². The number of anilines is 1. The molecule has 1 saturated carbocycles. The second-order valence-corrected chi connectivity index (χ2v) is 6.15. The summed E-state index contributed by atoms with van der Waals surface area (Å²) in [7, 11) is 1.55. The van der Waals surface area contributed by atoms with E-state index in [-0.39, 0.29) is 23.4 Å². The quantitative estimate of drug-likeness (QED) is 0.870. The molecule has 1 N–H and O–H groups in total. The molecule has 1 aliphatic carbocycles. The first kappa shape index (κ1) is 15.4. The Balaban J connectivity index is 1.65. The minimum absolute atomic E-state index is 0.214. The Morgan fingerprint density at radius 3 is 2.36 bits per heavy atom. The van der Waals surface area contributed by atoms with Crippen LogP contribution in [0.15, 0.2) is 42.5 Å². The summed E-state index contributed by atoms with van der Waals surface area (Å²) in [4.78, 5) is 38.6. The van der Waals surface area contributed by atoms with Crippen molar-refractivity contribution in [2.75, 3.05) is 12.0 Å². The fraction of sp³-hybridized carbons (Fsp3) is 0.211. The smallest absolute Gasteiger partial charge is 0.266 e. The number of hydrogen-bond acceptors (Lipinski definition) is 4. The van der Waals surface area contributed by atoms with E-state index in [1.54, 1.807) is 43.5 Å². The normalized spacial score (nSPS) is 16.0. The highest BCUT2D eigenvalue weighted by molar-refractivity contribution is 6.34. The van der Waals surface area contributed by atoms with Gasteiger partial charge in [0.2, 0.25) is 0 Å². The van der Waals surface area contributed by atoms with Gasteiger partial charge in [-0.15, -0.1) is 0 Å². The van der Waals surface area contributed by atoms with Crippen molar-refractivity contribution in [3.63, 3.8) is 0 Å². The largest absolute Gasteiger partial charge is 0.497 e. The van der Waals surface area contributed by atoms with Crippen molar-refractivity contribution >= 4 is 23.4 Å². The maximum Gasteiger partial charge on any atom is 0.266 e. The Labute approximate surface area is 144 Å². The van der Waals surface area contributed by atoms with Crippen LogP contribution in [-0.2, 0) is 0 Å². The number of nitrogens with zero attached hydrogens (tertiary/aromatic N) is 1. The van der Waals surface area contributed by atoms with Crippen LogP contribution in [0.4, 0.5) is 5.69 Å². The Morgan fingerprint density at radius 2 is 1.72 bits per heavy atom. The molecular weight excluding hydrogens is 320 g/mol. The van der Waals surface area contributed by atoms with Crippen LogP contribution in [0.25, 0.3) is 0 Å². The van der Waals surface area contributed by atoms with Gasteiger partial charge in [0.15, 0.2) is 0 Å². The van der Waals surface area contributed by atoms with Crippen LogP contribution in [0.5, 0.6) is 5.75 Å². The Hall–Kier alpha value is -3.15. The summed E-state index contributed by atoms with van der Waals surface area (Å²) in [6.07, 6.45) is 1.97. The molecule has 0 spiro atoms. The number of benzene rings is 2. The monoisotopic (exact) mass is 336 g/mol. The minimum Gasteiger partial charge on any atom is -0.497 e. The number of fused-ring (bicyclic) bond motifs is 1. The van der Waals surface area contributed by atoms with Crippen molar-refractivity contribution < 1.29 is 19.1 Å². The van der Waals surface area contributed by atoms with Crippen LogP contribution < -0.4 is 15.0 Å². The zero-order chi connectivity index (χ0) is 17.6. The number of hydrogen-bond donors (Lipinski definition) is 1. The van der Waals surface area contributed by atoms with Crippen LogP contribution >= 0.6 is 0 Å². The van der Waals surface area contributed by atoms with Gasteiger partial charge in [-0.1, -0.05) is 0 Å². The summed E-state index contributed by atoms with van der Waals surface area (Å²) in [5, 5.41) is 2.88. The topological polar surface area (TPSA) is 75.7 Å². The number of rotatable bonds is 4. The van der Waals surface area contributed by atoms with Crippen LogP contribution in [-0.4, -0.2) is 30.9 Å². The molecule has 0 radical (unpaired) electrons. The SMILES string of the molecule is COc1ccc(N2C(=O)c3ccc(C(=O)NC4CC4)cc3C2=O)cc1. The summed E-state index contributed by atoms with van der Waals surface area (Å²) in [5.74, 6) is -0.390. The molecule has 6 heteroatoms. The average molecular weight is 336 g/mol. The first-order valence-corrected chi connectivity index (χ1v) is 8.06. The predicted molar refractivity (Wildman–Crippen MR) is 91.1 cm³/mol. The molecule has 1 fully saturated rings. The molecule has 2 aromatic carbocycles. The molecule has 0 unspecified atom stereocenters. The van der Waals surface area contributed by atoms with Crippen molar-refractivity contribution in [3.05, 3.63) is 59.2 Å². The Kier molecular flexibility index (Phi) is 3.53. The van der Waals surface area contributed by atoms with E-state index in [1.165, 1.54) is 6.07 Å². The van der Waals surface area contributed by atoms with Gasteiger partial charge >= 0.3 is 0 Å². The second kappa shape index (κ2) is 5.73. The molecule has 25 heavy (non-hydrogen) atoms. The van der Waals surface area contributed by atoms with E-state index < -0.39 is 5.91 Å². The number of carbonyl (C=O) groups excluding carboxylic acids is 3. The van der Waals surface area contributed by atoms with Crippen molar-refractivity contribution in [1.29, 1.82) is 0 Å². The summed E-state index contributed by atoms with van der Waals surface area (Å²) in [5.41, 5.74) is 1.42. The highest BCUT2D eigenvalue weighted by Gasteiger charge is 2.37. The van der Waals surface area contributed by atoms with E-state index in [4.69, 9.17) is 4.74 Å². The van der Waals surface area contributed by atoms with Gasteiger partial charge in [0, 0.05) is 11.6 Å². The lowest BCUT2D eigenvalue weighted by Gasteiger charge is -2.14. The lowest BCUT2D eigenvalue weighted by Crippen LogP contribution is -2.29. The maximum absolute atomic E-state index is 12.7. The number of amides is 3. The second-order valence-electron chi connectivity index (χ2n) is 6.15. The van der Waals surface area contributed by atoms with Gasteiger partial charge in [0.1, 0.15) is 5.75 Å². The van der Waals surface area contributed by atoms with E-state index in [0.717, 1.165) is 17.7 Å². The lowest BCUT2D eigenvalue weighted by molar-refractivity contribution is 0.0923. The van der Waals surface area contributed by atoms with Crippen molar-refractivity contribution in [3.8, 4) is 5.75 Å². The maximum atomic E-state index is 12.7. The minimum atomic E-state index is -0.425. The molecule has 6 nitrogen and oxygen atoms in total. The number of carbonyl (C=O) groups is 3. The van der Waals surface area contributed by atoms with E-state index in [0.29, 0.717) is 22.6 Å². The van der Waals surface area contributed by atoms with E-state index in [1.807, 2.05) is 0 Å². The standard InChI is InChI=1S/C19H16N2O4/c1-25-14-7-5-13(6-8-14)21-18(23)15-9-2-11(10-16(15)19(21)24)17(22)20-12-3-4-12/h2,5-10,12H,3-4H2,1H3,(H,20,22). The van der Waals surface area contributed by atoms with Gasteiger partial charge in [0.25, 0.3) is 17.7 Å². The average Bonchev–Trinajstić information content (AvgIpc) is 3.41. The van der Waals surface area contributed by atoms with Crippen molar-refractivity contribution in [1.82, 2.24) is 5.32 Å². The fourth-order valence-corrected chi connectivity index (χ4v) is 2.84. The van der Waals surface area contributed by atoms with E-state index >= 15 is 0 Å². The van der Waals surface area contributed by atoms with Crippen LogP contribution in [0.2, 0.25) is 0 Å². The summed E-state index contributed by atoms with van der Waals surface area (Å²) >= 11 is 0. The van der Waals surface area contributed by atoms with E-state index in [2.05, 4.69) is 5.32 Å². The zero-order valence-corrected chi connectivity index (χ0v) is 13.6. The molecule has 0 bridgehead atoms. The third-order valence-corrected chi connectivity index (χ3v) is 4.39. The van der Waals surface area contributed by atoms with Crippen molar-refractivity contribution in [2.45, 2.75) is 18.9 Å². The summed E-state index contributed by atoms with van der Waals surface area (Å²) < 4.78 is 5.09. The predicted octanol–water partition coefficient (Wildman–Crippen LogP) is 2.39. The molecule has 126 valence electrons. The Morgan fingerprint density at radius 1 is 1.04 bits per heavy atom. The Bertz CT molecular complexity index is 885. The number of nitrogens with one attached hydrogen (secondary N) is 1. The number of ether oxygens (including phenoxy) is 1. The van der Waals surface area contributed by atoms with Gasteiger partial charge in [-0.2, -0.15) is 0 Å². The molecule has 0 saturated heterocycles. The van der Waals surface area contributed by atoms with Gasteiger partial charge in [-0.25, -0.2) is 4.90 Å². The molecule has 3 amide bonds. The van der Waals surface area contributed by atoms with Crippen molar-refractivity contribution in [2.24, 2.45) is 0 Å². The fourth-order valence-electron chi connectivity index (χ4n) is 2.84. The van der Waals surface area contributed by atoms with Gasteiger partial charge in [0.05, 0.1) is 23.9 Å². The van der Waals surface area contributed by atoms with Crippen LogP contribution in [0.1, 0.15) is 43.9 Å². The first-order chi connectivity index (χ1) is 12.1. The van der Waals surface area contributed by atoms with E-state index in [9.17, 15) is 14.4 Å². The molecule has 2 aliphatic rings.